The van der Waals surface area contributed by atoms with Crippen molar-refractivity contribution in [1.29, 1.82) is 0 Å². The molecular weight excluding hydrogens is 566 g/mol. The average Bonchev–Trinajstić information content (AvgIpc) is 3.33. The van der Waals surface area contributed by atoms with Crippen LogP contribution in [0.25, 0.3) is 5.57 Å². The van der Waals surface area contributed by atoms with E-state index in [1.54, 1.807) is 26.8 Å². The largest absolute Gasteiger partial charge is 0.491 e. The van der Waals surface area contributed by atoms with E-state index in [0.717, 1.165) is 12.0 Å². The number of methoxy groups -OCH3 is 1. The molecule has 0 saturated heterocycles. The number of rotatable bonds is 11. The highest BCUT2D eigenvalue weighted by Gasteiger charge is 2.41. The molecule has 4 rings (SSSR count). The second-order valence-corrected chi connectivity index (χ2v) is 12.9. The maximum absolute atomic E-state index is 16.0. The van der Waals surface area contributed by atoms with E-state index in [4.69, 9.17) is 14.2 Å². The summed E-state index contributed by atoms with van der Waals surface area (Å²) in [5, 5.41) is 0. The van der Waals surface area contributed by atoms with Crippen LogP contribution in [0.15, 0.2) is 42.0 Å². The number of amides is 1. The zero-order chi connectivity index (χ0) is 32.2. The first-order valence-corrected chi connectivity index (χ1v) is 15.5. The van der Waals surface area contributed by atoms with E-state index >= 15 is 4.39 Å². The summed E-state index contributed by atoms with van der Waals surface area (Å²) in [5.74, 6) is -0.539. The first kappa shape index (κ1) is 33.4. The maximum atomic E-state index is 16.0. The van der Waals surface area contributed by atoms with Crippen LogP contribution in [0.2, 0.25) is 0 Å². The molecule has 2 aromatic carbocycles. The van der Waals surface area contributed by atoms with E-state index in [1.165, 1.54) is 34.8 Å². The first-order chi connectivity index (χ1) is 20.9. The van der Waals surface area contributed by atoms with Gasteiger partial charge in [-0.1, -0.05) is 31.2 Å². The zero-order valence-corrected chi connectivity index (χ0v) is 27.0. The molecule has 1 aliphatic heterocycles. The van der Waals surface area contributed by atoms with Crippen molar-refractivity contribution in [3.8, 4) is 5.75 Å². The van der Waals surface area contributed by atoms with Gasteiger partial charge in [-0.2, -0.15) is 0 Å². The van der Waals surface area contributed by atoms with Crippen LogP contribution in [0.4, 0.5) is 13.6 Å². The van der Waals surface area contributed by atoms with Crippen LogP contribution in [-0.4, -0.2) is 73.5 Å². The van der Waals surface area contributed by atoms with Crippen LogP contribution in [0.5, 0.6) is 5.75 Å². The van der Waals surface area contributed by atoms with Crippen LogP contribution in [-0.2, 0) is 20.7 Å². The third-order valence-corrected chi connectivity index (χ3v) is 8.44. The van der Waals surface area contributed by atoms with Gasteiger partial charge in [0.05, 0.1) is 32.3 Å². The normalized spacial score (nSPS) is 18.8. The van der Waals surface area contributed by atoms with Gasteiger partial charge in [0.2, 0.25) is 0 Å². The molecule has 7 nitrogen and oxygen atoms in total. The van der Waals surface area contributed by atoms with Gasteiger partial charge in [0.15, 0.2) is 0 Å². The minimum absolute atomic E-state index is 0.0401. The second-order valence-electron chi connectivity index (χ2n) is 12.9. The summed E-state index contributed by atoms with van der Waals surface area (Å²) in [6.45, 7) is 11.5. The van der Waals surface area contributed by atoms with E-state index in [2.05, 4.69) is 24.0 Å². The molecule has 2 aliphatic rings. The van der Waals surface area contributed by atoms with Gasteiger partial charge in [-0.25, -0.2) is 9.18 Å². The van der Waals surface area contributed by atoms with Gasteiger partial charge in [-0.3, -0.25) is 14.1 Å². The fourth-order valence-electron chi connectivity index (χ4n) is 6.35. The molecule has 0 radical (unpaired) electrons. The minimum atomic E-state index is -0.684. The Bertz CT molecular complexity index is 1390. The van der Waals surface area contributed by atoms with Crippen molar-refractivity contribution < 1.29 is 32.6 Å². The number of fused-ring (bicyclic) bond motifs is 2. The Morgan fingerprint density at radius 1 is 1.14 bits per heavy atom. The molecule has 3 atom stereocenters. The summed E-state index contributed by atoms with van der Waals surface area (Å²) in [4.78, 5) is 28.9. The first-order valence-electron chi connectivity index (χ1n) is 15.5. The van der Waals surface area contributed by atoms with Gasteiger partial charge in [-0.15, -0.1) is 0 Å². The number of hydrogen-bond acceptors (Lipinski definition) is 6. The lowest BCUT2D eigenvalue weighted by Gasteiger charge is -2.43. The smallest absolute Gasteiger partial charge is 0.410 e. The SMILES string of the molecule is COC(=O)[C@H](C)CN1[C@H](C)CC2=C(Cc3ccccc32)[C@H]1c1c(F)ccc(OCCN(CCCF)C(=O)OC(C)(C)C)c1C. The molecule has 0 saturated carbocycles. The molecule has 1 heterocycles. The molecule has 0 bridgehead atoms. The van der Waals surface area contributed by atoms with Crippen molar-refractivity contribution in [2.24, 2.45) is 5.92 Å². The Morgan fingerprint density at radius 3 is 2.55 bits per heavy atom. The van der Waals surface area contributed by atoms with Crippen LogP contribution < -0.4 is 4.74 Å². The van der Waals surface area contributed by atoms with Crippen molar-refractivity contribution in [2.75, 3.05) is 40.0 Å². The molecule has 0 fully saturated rings. The lowest BCUT2D eigenvalue weighted by atomic mass is 9.83. The summed E-state index contributed by atoms with van der Waals surface area (Å²) in [6, 6.07) is 11.0. The average molecular weight is 613 g/mol. The third-order valence-electron chi connectivity index (χ3n) is 8.44. The molecule has 0 spiro atoms. The van der Waals surface area contributed by atoms with Gasteiger partial charge < -0.3 is 19.1 Å². The van der Waals surface area contributed by atoms with Crippen molar-refractivity contribution in [1.82, 2.24) is 9.80 Å². The standard InChI is InChI=1S/C35H46F2N2O5/c1-22(33(40)42-7)21-39-23(2)19-27-26-12-9-8-11-25(26)20-28(27)32(39)31-24(3)30(14-13-29(31)37)43-18-17-38(16-10-15-36)34(41)44-35(4,5)6/h8-9,11-14,22-23,32H,10,15-21H2,1-7H3/t22-,23-,32+/m1/s1. The third kappa shape index (κ3) is 7.42. The van der Waals surface area contributed by atoms with Crippen molar-refractivity contribution in [3.63, 3.8) is 0 Å². The number of carbonyl (C=O) groups is 2. The van der Waals surface area contributed by atoms with Crippen LogP contribution in [0.1, 0.15) is 75.8 Å². The molecule has 0 N–H and O–H groups in total. The lowest BCUT2D eigenvalue weighted by molar-refractivity contribution is -0.145. The fraction of sp³-hybridized carbons (Fsp3) is 0.543. The highest BCUT2D eigenvalue weighted by atomic mass is 19.1. The lowest BCUT2D eigenvalue weighted by Crippen LogP contribution is -2.45. The van der Waals surface area contributed by atoms with Crippen LogP contribution in [0, 0.1) is 18.7 Å². The zero-order valence-electron chi connectivity index (χ0n) is 27.0. The van der Waals surface area contributed by atoms with Gasteiger partial charge >= 0.3 is 12.1 Å². The number of alkyl halides is 1. The Balaban J connectivity index is 1.66. The number of halogens is 2. The van der Waals surface area contributed by atoms with Gasteiger partial charge in [0.1, 0.15) is 23.8 Å². The Hall–Kier alpha value is -3.46. The predicted molar refractivity (Wildman–Crippen MR) is 167 cm³/mol. The Kier molecular flexibility index (Phi) is 10.7. The van der Waals surface area contributed by atoms with E-state index in [9.17, 15) is 14.0 Å². The summed E-state index contributed by atoms with van der Waals surface area (Å²) in [7, 11) is 1.39. The van der Waals surface area contributed by atoms with Gasteiger partial charge in [-0.05, 0) is 93.9 Å². The number of benzene rings is 2. The highest BCUT2D eigenvalue weighted by Crippen LogP contribution is 2.50. The van der Waals surface area contributed by atoms with E-state index < -0.39 is 30.3 Å². The summed E-state index contributed by atoms with van der Waals surface area (Å²) in [6.07, 6.45) is 1.17. The topological polar surface area (TPSA) is 68.3 Å². The van der Waals surface area contributed by atoms with Crippen molar-refractivity contribution in [2.45, 2.75) is 78.5 Å². The molecule has 9 heteroatoms. The quantitative estimate of drug-likeness (QED) is 0.253. The minimum Gasteiger partial charge on any atom is -0.491 e. The summed E-state index contributed by atoms with van der Waals surface area (Å²) >= 11 is 0. The Labute approximate surface area is 260 Å². The molecule has 240 valence electrons. The monoisotopic (exact) mass is 612 g/mol. The molecule has 1 amide bonds. The predicted octanol–water partition coefficient (Wildman–Crippen LogP) is 7.06. The van der Waals surface area contributed by atoms with Crippen molar-refractivity contribution >= 4 is 17.6 Å². The number of esters is 1. The number of nitrogens with zero attached hydrogens (tertiary/aromatic N) is 2. The Morgan fingerprint density at radius 2 is 1.86 bits per heavy atom. The molecule has 0 aromatic heterocycles. The van der Waals surface area contributed by atoms with E-state index in [1.807, 2.05) is 26.0 Å². The summed E-state index contributed by atoms with van der Waals surface area (Å²) in [5.41, 5.74) is 5.31. The molecule has 44 heavy (non-hydrogen) atoms. The highest BCUT2D eigenvalue weighted by molar-refractivity contribution is 5.79. The summed E-state index contributed by atoms with van der Waals surface area (Å²) < 4.78 is 45.7. The van der Waals surface area contributed by atoms with E-state index in [0.29, 0.717) is 29.8 Å². The van der Waals surface area contributed by atoms with Gasteiger partial charge in [0.25, 0.3) is 0 Å². The number of carbonyl (C=O) groups excluding carboxylic acids is 2. The number of ether oxygens (including phenoxy) is 3. The fourth-order valence-corrected chi connectivity index (χ4v) is 6.35. The number of hydrogen-bond donors (Lipinski definition) is 0. The van der Waals surface area contributed by atoms with Crippen LogP contribution >= 0.6 is 0 Å². The van der Waals surface area contributed by atoms with Crippen LogP contribution in [0.3, 0.4) is 0 Å². The maximum Gasteiger partial charge on any atom is 0.410 e. The molecule has 2 aromatic rings. The van der Waals surface area contributed by atoms with Gasteiger partial charge in [0, 0.05) is 24.7 Å². The van der Waals surface area contributed by atoms with E-state index in [-0.39, 0.29) is 43.9 Å². The molecular formula is C35H46F2N2O5. The second kappa shape index (κ2) is 14.1. The van der Waals surface area contributed by atoms with Crippen molar-refractivity contribution in [3.05, 3.63) is 70.0 Å². The molecule has 0 unspecified atom stereocenters. The molecule has 1 aliphatic carbocycles.